The van der Waals surface area contributed by atoms with Gasteiger partial charge in [-0.3, -0.25) is 4.79 Å². The Kier molecular flexibility index (Phi) is 4.44. The van der Waals surface area contributed by atoms with E-state index < -0.39 is 5.60 Å². The van der Waals surface area contributed by atoms with E-state index in [1.54, 1.807) is 0 Å². The van der Waals surface area contributed by atoms with Gasteiger partial charge in [0, 0.05) is 36.6 Å². The Morgan fingerprint density at radius 1 is 1.07 bits per heavy atom. The van der Waals surface area contributed by atoms with Gasteiger partial charge in [-0.1, -0.05) is 19.0 Å². The molecule has 0 unspecified atom stereocenters. The summed E-state index contributed by atoms with van der Waals surface area (Å²) in [5, 5.41) is 19.6. The number of Topliss-reactive ketones (excluding diaryl/α,β-unsaturated/α-hetero) is 1. The van der Waals surface area contributed by atoms with E-state index in [1.165, 1.54) is 0 Å². The van der Waals surface area contributed by atoms with Crippen molar-refractivity contribution in [1.29, 1.82) is 0 Å². The van der Waals surface area contributed by atoms with E-state index in [4.69, 9.17) is 4.84 Å². The van der Waals surface area contributed by atoms with Gasteiger partial charge in [-0.25, -0.2) is 0 Å². The number of nitrogens with one attached hydrogen (secondary N) is 1. The van der Waals surface area contributed by atoms with E-state index in [0.717, 1.165) is 76.6 Å². The van der Waals surface area contributed by atoms with Gasteiger partial charge >= 0.3 is 0 Å². The van der Waals surface area contributed by atoms with Crippen LogP contribution in [0.2, 0.25) is 0 Å². The van der Waals surface area contributed by atoms with Crippen molar-refractivity contribution < 1.29 is 14.7 Å². The third-order valence-corrected chi connectivity index (χ3v) is 9.69. The summed E-state index contributed by atoms with van der Waals surface area (Å²) < 4.78 is 0. The van der Waals surface area contributed by atoms with E-state index in [1.807, 2.05) is 0 Å². The van der Waals surface area contributed by atoms with E-state index in [2.05, 4.69) is 24.3 Å². The number of rotatable bonds is 2. The van der Waals surface area contributed by atoms with Crippen LogP contribution in [0.15, 0.2) is 5.16 Å². The SMILES string of the molecule is C[C@]12CC[C@H]3[C@@H](CC[C@@]4(O)CC(=NO[C@@H]5CCNC5)CC[C@]34C)[C@@H]1CCC2=O. The Morgan fingerprint density at radius 3 is 2.71 bits per heavy atom. The lowest BCUT2D eigenvalue weighted by Crippen LogP contribution is -2.62. The number of fused-ring (bicyclic) bond motifs is 5. The van der Waals surface area contributed by atoms with Crippen molar-refractivity contribution in [3.8, 4) is 0 Å². The van der Waals surface area contributed by atoms with Crippen LogP contribution < -0.4 is 5.32 Å². The highest BCUT2D eigenvalue weighted by Crippen LogP contribution is 2.66. The normalized spacial score (nSPS) is 52.2. The summed E-state index contributed by atoms with van der Waals surface area (Å²) in [6, 6.07) is 0. The van der Waals surface area contributed by atoms with Crippen molar-refractivity contribution >= 4 is 11.5 Å². The molecule has 5 fully saturated rings. The molecule has 0 amide bonds. The fraction of sp³-hybridized carbons (Fsp3) is 0.913. The zero-order valence-electron chi connectivity index (χ0n) is 17.5. The van der Waals surface area contributed by atoms with E-state index in [9.17, 15) is 9.90 Å². The minimum atomic E-state index is -0.668. The zero-order valence-corrected chi connectivity index (χ0v) is 17.5. The summed E-state index contributed by atoms with van der Waals surface area (Å²) in [7, 11) is 0. The minimum Gasteiger partial charge on any atom is -0.391 e. The molecule has 1 heterocycles. The first-order chi connectivity index (χ1) is 13.4. The number of hydrogen-bond acceptors (Lipinski definition) is 5. The van der Waals surface area contributed by atoms with Gasteiger partial charge in [0.05, 0.1) is 11.3 Å². The maximum atomic E-state index is 12.6. The Hall–Kier alpha value is -0.940. The maximum Gasteiger partial charge on any atom is 0.141 e. The predicted octanol–water partition coefficient (Wildman–Crippen LogP) is 3.45. The summed E-state index contributed by atoms with van der Waals surface area (Å²) >= 11 is 0. The molecule has 7 atom stereocenters. The molecule has 0 aromatic rings. The summed E-state index contributed by atoms with van der Waals surface area (Å²) in [5.74, 6) is 2.18. The van der Waals surface area contributed by atoms with E-state index in [0.29, 0.717) is 30.0 Å². The van der Waals surface area contributed by atoms with Gasteiger partial charge in [-0.05, 0) is 69.2 Å². The molecule has 0 aromatic heterocycles. The first kappa shape index (κ1) is 19.0. The van der Waals surface area contributed by atoms with E-state index in [-0.39, 0.29) is 16.9 Å². The van der Waals surface area contributed by atoms with Crippen molar-refractivity contribution in [3.63, 3.8) is 0 Å². The molecule has 0 spiro atoms. The lowest BCUT2D eigenvalue weighted by molar-refractivity contribution is -0.188. The Bertz CT molecular complexity index is 687. The molecule has 4 saturated carbocycles. The van der Waals surface area contributed by atoms with Crippen LogP contribution in [0.4, 0.5) is 0 Å². The zero-order chi connectivity index (χ0) is 19.6. The lowest BCUT2D eigenvalue weighted by atomic mass is 9.43. The van der Waals surface area contributed by atoms with Gasteiger partial charge in [-0.15, -0.1) is 0 Å². The third kappa shape index (κ3) is 2.64. The van der Waals surface area contributed by atoms with Crippen molar-refractivity contribution in [2.24, 2.45) is 33.7 Å². The number of hydrogen-bond donors (Lipinski definition) is 2. The molecule has 28 heavy (non-hydrogen) atoms. The molecule has 4 aliphatic carbocycles. The van der Waals surface area contributed by atoms with Crippen LogP contribution in [-0.4, -0.2) is 41.4 Å². The second kappa shape index (κ2) is 6.53. The molecule has 2 N–H and O–H groups in total. The summed E-state index contributed by atoms with van der Waals surface area (Å²) in [6.45, 7) is 6.44. The number of carbonyl (C=O) groups excluding carboxylic acids is 1. The number of ketones is 1. The van der Waals surface area contributed by atoms with Crippen LogP contribution in [-0.2, 0) is 9.63 Å². The maximum absolute atomic E-state index is 12.6. The fourth-order valence-electron chi connectivity index (χ4n) is 7.77. The molecule has 156 valence electrons. The second-order valence-electron chi connectivity index (χ2n) is 10.8. The smallest absolute Gasteiger partial charge is 0.141 e. The Balaban J connectivity index is 1.35. The highest BCUT2D eigenvalue weighted by Gasteiger charge is 2.64. The molecular weight excluding hydrogens is 352 g/mol. The summed E-state index contributed by atoms with van der Waals surface area (Å²) in [4.78, 5) is 18.3. The molecule has 5 heteroatoms. The third-order valence-electron chi connectivity index (χ3n) is 9.69. The molecule has 5 aliphatic rings. The van der Waals surface area contributed by atoms with Gasteiger partial charge in [-0.2, -0.15) is 0 Å². The summed E-state index contributed by atoms with van der Waals surface area (Å²) in [5.41, 5.74) is 0.231. The first-order valence-corrected chi connectivity index (χ1v) is 11.5. The van der Waals surface area contributed by atoms with Gasteiger partial charge in [0.2, 0.25) is 0 Å². The minimum absolute atomic E-state index is 0.0587. The average molecular weight is 389 g/mol. The number of oxime groups is 1. The predicted molar refractivity (Wildman–Crippen MR) is 108 cm³/mol. The largest absolute Gasteiger partial charge is 0.391 e. The Morgan fingerprint density at radius 2 is 1.93 bits per heavy atom. The number of aliphatic hydroxyl groups is 1. The number of carbonyl (C=O) groups is 1. The standard InChI is InChI=1S/C23H36N2O3/c1-21-9-7-19-17(18(21)3-4-20(21)26)6-11-23(27)13-15(5-10-22(19,23)2)25-28-16-8-12-24-14-16/h16-19,24,27H,3-14H2,1-2H3/t16-,17+,18+,19+,21+,22-,23-/m1/s1. The monoisotopic (exact) mass is 388 g/mol. The molecule has 0 bridgehead atoms. The van der Waals surface area contributed by atoms with Crippen molar-refractivity contribution in [1.82, 2.24) is 5.32 Å². The van der Waals surface area contributed by atoms with Gasteiger partial charge in [0.15, 0.2) is 0 Å². The molecule has 5 nitrogen and oxygen atoms in total. The molecule has 5 rings (SSSR count). The quantitative estimate of drug-likeness (QED) is 0.711. The van der Waals surface area contributed by atoms with Crippen LogP contribution in [0.5, 0.6) is 0 Å². The van der Waals surface area contributed by atoms with Gasteiger partial charge in [0.25, 0.3) is 0 Å². The topological polar surface area (TPSA) is 70.9 Å². The average Bonchev–Trinajstić information content (AvgIpc) is 3.29. The highest BCUT2D eigenvalue weighted by atomic mass is 16.6. The molecule has 0 aromatic carbocycles. The number of nitrogens with zero attached hydrogens (tertiary/aromatic N) is 1. The fourth-order valence-corrected chi connectivity index (χ4v) is 7.77. The van der Waals surface area contributed by atoms with Gasteiger partial charge in [0.1, 0.15) is 11.9 Å². The first-order valence-electron chi connectivity index (χ1n) is 11.5. The molecular formula is C23H36N2O3. The molecule has 0 radical (unpaired) electrons. The van der Waals surface area contributed by atoms with Crippen molar-refractivity contribution in [2.75, 3.05) is 13.1 Å². The van der Waals surface area contributed by atoms with Crippen LogP contribution in [0.1, 0.15) is 78.1 Å². The van der Waals surface area contributed by atoms with E-state index >= 15 is 0 Å². The van der Waals surface area contributed by atoms with Crippen molar-refractivity contribution in [2.45, 2.75) is 89.8 Å². The second-order valence-corrected chi connectivity index (χ2v) is 10.8. The van der Waals surface area contributed by atoms with Crippen LogP contribution in [0.25, 0.3) is 0 Å². The van der Waals surface area contributed by atoms with Crippen LogP contribution in [0.3, 0.4) is 0 Å². The summed E-state index contributed by atoms with van der Waals surface area (Å²) in [6.07, 6.45) is 9.64. The Labute approximate surface area is 168 Å². The lowest BCUT2D eigenvalue weighted by Gasteiger charge is -2.62. The highest BCUT2D eigenvalue weighted by molar-refractivity contribution is 5.87. The molecule has 1 aliphatic heterocycles. The van der Waals surface area contributed by atoms with Crippen LogP contribution in [0, 0.1) is 28.6 Å². The van der Waals surface area contributed by atoms with Gasteiger partial charge < -0.3 is 15.3 Å². The van der Waals surface area contributed by atoms with Crippen molar-refractivity contribution in [3.05, 3.63) is 0 Å². The van der Waals surface area contributed by atoms with Crippen LogP contribution >= 0.6 is 0 Å². The molecule has 1 saturated heterocycles.